The van der Waals surface area contributed by atoms with Crippen LogP contribution < -0.4 is 0 Å². The molecular formula is C12H24O3. The number of aliphatic hydroxyl groups excluding tert-OH is 1. The Morgan fingerprint density at radius 3 is 2.33 bits per heavy atom. The van der Waals surface area contributed by atoms with Crippen molar-refractivity contribution in [2.75, 3.05) is 6.61 Å². The van der Waals surface area contributed by atoms with Crippen LogP contribution in [0.25, 0.3) is 0 Å². The summed E-state index contributed by atoms with van der Waals surface area (Å²) in [4.78, 5) is 11.5. The van der Waals surface area contributed by atoms with Gasteiger partial charge in [-0.15, -0.1) is 0 Å². The van der Waals surface area contributed by atoms with Crippen molar-refractivity contribution in [1.29, 1.82) is 0 Å². The van der Waals surface area contributed by atoms with Gasteiger partial charge in [0.15, 0.2) is 0 Å². The van der Waals surface area contributed by atoms with Gasteiger partial charge in [0.25, 0.3) is 0 Å². The van der Waals surface area contributed by atoms with Crippen LogP contribution in [0.1, 0.15) is 53.4 Å². The summed E-state index contributed by atoms with van der Waals surface area (Å²) in [5.74, 6) is -0.238. The lowest BCUT2D eigenvalue weighted by molar-refractivity contribution is -0.161. The minimum atomic E-state index is -0.488. The standard InChI is InChI=1S/C12H24O3/c1-5-6-7-8-10(9-13)15-11(14)12(2,3)4/h10,13H,5-9H2,1-4H3/t10-/m0/s1. The first kappa shape index (κ1) is 14.4. The van der Waals surface area contributed by atoms with Crippen LogP contribution >= 0.6 is 0 Å². The van der Waals surface area contributed by atoms with Crippen LogP contribution in [0.3, 0.4) is 0 Å². The Bertz CT molecular complexity index is 182. The number of carbonyl (C=O) groups is 1. The van der Waals surface area contributed by atoms with Gasteiger partial charge in [-0.3, -0.25) is 4.79 Å². The van der Waals surface area contributed by atoms with E-state index in [0.717, 1.165) is 25.7 Å². The van der Waals surface area contributed by atoms with Gasteiger partial charge in [-0.2, -0.15) is 0 Å². The molecule has 0 saturated carbocycles. The predicted molar refractivity (Wildman–Crippen MR) is 60.6 cm³/mol. The van der Waals surface area contributed by atoms with Gasteiger partial charge in [0.05, 0.1) is 12.0 Å². The van der Waals surface area contributed by atoms with Crippen molar-refractivity contribution in [2.45, 2.75) is 59.5 Å². The number of esters is 1. The fourth-order valence-corrected chi connectivity index (χ4v) is 1.14. The molecule has 0 spiro atoms. The summed E-state index contributed by atoms with van der Waals surface area (Å²) >= 11 is 0. The summed E-state index contributed by atoms with van der Waals surface area (Å²) in [5.41, 5.74) is -0.488. The predicted octanol–water partition coefficient (Wildman–Crippen LogP) is 2.52. The summed E-state index contributed by atoms with van der Waals surface area (Å²) in [5, 5.41) is 9.06. The molecule has 0 unspecified atom stereocenters. The fourth-order valence-electron chi connectivity index (χ4n) is 1.14. The average molecular weight is 216 g/mol. The van der Waals surface area contributed by atoms with E-state index in [4.69, 9.17) is 9.84 Å². The molecule has 0 radical (unpaired) electrons. The Hall–Kier alpha value is -0.570. The molecule has 0 aromatic carbocycles. The highest BCUT2D eigenvalue weighted by Crippen LogP contribution is 2.18. The van der Waals surface area contributed by atoms with E-state index >= 15 is 0 Å². The summed E-state index contributed by atoms with van der Waals surface area (Å²) < 4.78 is 5.22. The summed E-state index contributed by atoms with van der Waals surface area (Å²) in [6.07, 6.45) is 3.67. The van der Waals surface area contributed by atoms with Gasteiger partial charge in [0.1, 0.15) is 6.10 Å². The highest BCUT2D eigenvalue weighted by molar-refractivity contribution is 5.75. The lowest BCUT2D eigenvalue weighted by Crippen LogP contribution is -2.30. The molecule has 0 aliphatic rings. The van der Waals surface area contributed by atoms with Crippen molar-refractivity contribution in [3.63, 3.8) is 0 Å². The van der Waals surface area contributed by atoms with Crippen LogP contribution in [-0.4, -0.2) is 23.8 Å². The van der Waals surface area contributed by atoms with Gasteiger partial charge in [-0.1, -0.05) is 19.8 Å². The number of carbonyl (C=O) groups excluding carboxylic acids is 1. The number of hydrogen-bond acceptors (Lipinski definition) is 3. The maximum absolute atomic E-state index is 11.5. The van der Waals surface area contributed by atoms with Crippen LogP contribution in [0.5, 0.6) is 0 Å². The minimum absolute atomic E-state index is 0.0778. The first-order valence-corrected chi connectivity index (χ1v) is 5.73. The van der Waals surface area contributed by atoms with E-state index in [9.17, 15) is 4.79 Å². The fraction of sp³-hybridized carbons (Fsp3) is 0.917. The number of ether oxygens (including phenoxy) is 1. The third kappa shape index (κ3) is 6.50. The van der Waals surface area contributed by atoms with E-state index in [-0.39, 0.29) is 18.7 Å². The second-order valence-corrected chi connectivity index (χ2v) is 4.96. The lowest BCUT2D eigenvalue weighted by Gasteiger charge is -2.22. The van der Waals surface area contributed by atoms with Crippen LogP contribution in [-0.2, 0) is 9.53 Å². The van der Waals surface area contributed by atoms with E-state index in [0.29, 0.717) is 0 Å². The van der Waals surface area contributed by atoms with Gasteiger partial charge >= 0.3 is 5.97 Å². The lowest BCUT2D eigenvalue weighted by atomic mass is 9.97. The Labute approximate surface area is 92.8 Å². The van der Waals surface area contributed by atoms with Crippen molar-refractivity contribution >= 4 is 5.97 Å². The van der Waals surface area contributed by atoms with Gasteiger partial charge in [-0.25, -0.2) is 0 Å². The van der Waals surface area contributed by atoms with E-state index in [1.54, 1.807) is 0 Å². The minimum Gasteiger partial charge on any atom is -0.460 e. The molecule has 0 rings (SSSR count). The Morgan fingerprint density at radius 1 is 1.33 bits per heavy atom. The molecule has 0 bridgehead atoms. The monoisotopic (exact) mass is 216 g/mol. The molecule has 3 nitrogen and oxygen atoms in total. The molecule has 0 aromatic rings. The van der Waals surface area contributed by atoms with Crippen molar-refractivity contribution in [3.05, 3.63) is 0 Å². The molecule has 0 fully saturated rings. The van der Waals surface area contributed by atoms with Crippen molar-refractivity contribution in [3.8, 4) is 0 Å². The molecule has 1 atom stereocenters. The first-order valence-electron chi connectivity index (χ1n) is 5.73. The first-order chi connectivity index (χ1) is 6.91. The summed E-state index contributed by atoms with van der Waals surface area (Å²) in [7, 11) is 0. The largest absolute Gasteiger partial charge is 0.460 e. The second-order valence-electron chi connectivity index (χ2n) is 4.96. The van der Waals surface area contributed by atoms with Crippen molar-refractivity contribution < 1.29 is 14.6 Å². The van der Waals surface area contributed by atoms with E-state index in [1.807, 2.05) is 20.8 Å². The Kier molecular flexibility index (Phi) is 6.57. The molecule has 0 amide bonds. The third-order valence-corrected chi connectivity index (χ3v) is 2.22. The number of unbranched alkanes of at least 4 members (excludes halogenated alkanes) is 2. The molecule has 1 N–H and O–H groups in total. The van der Waals surface area contributed by atoms with Crippen LogP contribution in [0.2, 0.25) is 0 Å². The smallest absolute Gasteiger partial charge is 0.311 e. The van der Waals surface area contributed by atoms with E-state index < -0.39 is 5.41 Å². The number of hydrogen-bond donors (Lipinski definition) is 1. The van der Waals surface area contributed by atoms with E-state index in [1.165, 1.54) is 0 Å². The second kappa shape index (κ2) is 6.83. The maximum Gasteiger partial charge on any atom is 0.311 e. The zero-order valence-corrected chi connectivity index (χ0v) is 10.4. The van der Waals surface area contributed by atoms with Gasteiger partial charge in [0, 0.05) is 0 Å². The number of aliphatic hydroxyl groups is 1. The van der Waals surface area contributed by atoms with Crippen LogP contribution in [0.4, 0.5) is 0 Å². The van der Waals surface area contributed by atoms with Crippen molar-refractivity contribution in [1.82, 2.24) is 0 Å². The van der Waals surface area contributed by atoms with Crippen LogP contribution in [0.15, 0.2) is 0 Å². The highest BCUT2D eigenvalue weighted by Gasteiger charge is 2.25. The molecule has 0 saturated heterocycles. The Morgan fingerprint density at radius 2 is 1.93 bits per heavy atom. The summed E-state index contributed by atoms with van der Waals surface area (Å²) in [6.45, 7) is 7.49. The third-order valence-electron chi connectivity index (χ3n) is 2.22. The summed E-state index contributed by atoms with van der Waals surface area (Å²) in [6, 6.07) is 0. The molecule has 0 heterocycles. The van der Waals surface area contributed by atoms with Gasteiger partial charge < -0.3 is 9.84 Å². The van der Waals surface area contributed by atoms with Crippen LogP contribution in [0, 0.1) is 5.41 Å². The molecule has 0 aliphatic heterocycles. The zero-order valence-electron chi connectivity index (χ0n) is 10.4. The molecule has 0 aliphatic carbocycles. The molecule has 90 valence electrons. The molecule has 3 heteroatoms. The van der Waals surface area contributed by atoms with Crippen molar-refractivity contribution in [2.24, 2.45) is 5.41 Å². The SMILES string of the molecule is CCCCC[C@@H](CO)OC(=O)C(C)(C)C. The quantitative estimate of drug-likeness (QED) is 0.548. The topological polar surface area (TPSA) is 46.5 Å². The van der Waals surface area contributed by atoms with E-state index in [2.05, 4.69) is 6.92 Å². The normalized spacial score (nSPS) is 13.7. The average Bonchev–Trinajstić information content (AvgIpc) is 2.14. The van der Waals surface area contributed by atoms with Gasteiger partial charge in [0.2, 0.25) is 0 Å². The molecule has 0 aromatic heterocycles. The maximum atomic E-state index is 11.5. The number of rotatable bonds is 6. The highest BCUT2D eigenvalue weighted by atomic mass is 16.6. The molecular weight excluding hydrogens is 192 g/mol. The Balaban J connectivity index is 3.94. The zero-order chi connectivity index (χ0) is 11.9. The molecule has 15 heavy (non-hydrogen) atoms. The van der Waals surface area contributed by atoms with Gasteiger partial charge in [-0.05, 0) is 33.6 Å².